The fourth-order valence-corrected chi connectivity index (χ4v) is 3.83. The number of nitrogens with one attached hydrogen (secondary N) is 1. The van der Waals surface area contributed by atoms with Gasteiger partial charge in [-0.25, -0.2) is 4.79 Å². The highest BCUT2D eigenvalue weighted by Gasteiger charge is 2.17. The molecule has 18 heavy (non-hydrogen) atoms. The Morgan fingerprint density at radius 2 is 2.00 bits per heavy atom. The predicted molar refractivity (Wildman–Crippen MR) is 79.7 cm³/mol. The topological polar surface area (TPSA) is 32.3 Å². The third-order valence-corrected chi connectivity index (χ3v) is 4.93. The summed E-state index contributed by atoms with van der Waals surface area (Å²) in [5.74, 6) is 2.08. The van der Waals surface area contributed by atoms with Crippen molar-refractivity contribution in [2.45, 2.75) is 0 Å². The molecule has 1 saturated heterocycles. The van der Waals surface area contributed by atoms with Crippen LogP contribution in [0.3, 0.4) is 0 Å². The summed E-state index contributed by atoms with van der Waals surface area (Å²) in [6.45, 7) is 1.69. The maximum absolute atomic E-state index is 12.1. The van der Waals surface area contributed by atoms with Crippen molar-refractivity contribution in [3.8, 4) is 0 Å². The van der Waals surface area contributed by atoms with Gasteiger partial charge in [0.05, 0.1) is 5.69 Å². The molecule has 0 saturated carbocycles. The molecule has 1 aromatic heterocycles. The molecule has 0 spiro atoms. The van der Waals surface area contributed by atoms with Gasteiger partial charge in [0.2, 0.25) is 0 Å². The highest BCUT2D eigenvalue weighted by atomic mass is 32.2. The zero-order chi connectivity index (χ0) is 12.4. The molecule has 0 unspecified atom stereocenters. The number of hydrogen-bond donors (Lipinski definition) is 1. The van der Waals surface area contributed by atoms with Gasteiger partial charge in [0, 0.05) is 40.1 Å². The quantitative estimate of drug-likeness (QED) is 0.866. The Morgan fingerprint density at radius 3 is 2.83 bits per heavy atom. The average Bonchev–Trinajstić information content (AvgIpc) is 2.83. The molecule has 1 N–H and O–H groups in total. The van der Waals surface area contributed by atoms with E-state index in [2.05, 4.69) is 11.4 Å². The van der Waals surface area contributed by atoms with Crippen LogP contribution in [0.1, 0.15) is 0 Å². The van der Waals surface area contributed by atoms with Crippen molar-refractivity contribution in [3.05, 3.63) is 29.6 Å². The molecule has 0 atom stereocenters. The van der Waals surface area contributed by atoms with E-state index in [9.17, 15) is 4.79 Å². The molecule has 3 rings (SSSR count). The normalized spacial score (nSPS) is 15.9. The average molecular weight is 278 g/mol. The first-order chi connectivity index (χ1) is 8.84. The van der Waals surface area contributed by atoms with E-state index in [4.69, 9.17) is 0 Å². The van der Waals surface area contributed by atoms with Crippen molar-refractivity contribution in [3.63, 3.8) is 0 Å². The van der Waals surface area contributed by atoms with Crippen LogP contribution >= 0.6 is 23.1 Å². The molecule has 1 aliphatic rings. The number of fused-ring (bicyclic) bond motifs is 1. The van der Waals surface area contributed by atoms with Crippen LogP contribution in [-0.4, -0.2) is 35.5 Å². The Morgan fingerprint density at radius 1 is 1.22 bits per heavy atom. The molecule has 1 fully saturated rings. The summed E-state index contributed by atoms with van der Waals surface area (Å²) in [7, 11) is 0. The molecule has 1 aromatic carbocycles. The summed E-state index contributed by atoms with van der Waals surface area (Å²) < 4.78 is 1.21. The van der Waals surface area contributed by atoms with Crippen molar-refractivity contribution in [2.24, 2.45) is 0 Å². The zero-order valence-electron chi connectivity index (χ0n) is 9.89. The van der Waals surface area contributed by atoms with E-state index in [1.165, 1.54) is 4.70 Å². The first-order valence-electron chi connectivity index (χ1n) is 5.94. The lowest BCUT2D eigenvalue weighted by atomic mass is 10.2. The van der Waals surface area contributed by atoms with E-state index in [1.54, 1.807) is 11.3 Å². The van der Waals surface area contributed by atoms with E-state index in [1.807, 2.05) is 40.2 Å². The molecule has 2 amide bonds. The van der Waals surface area contributed by atoms with E-state index < -0.39 is 0 Å². The molecule has 2 heterocycles. The number of amides is 2. The van der Waals surface area contributed by atoms with Gasteiger partial charge in [0.25, 0.3) is 0 Å². The molecule has 5 heteroatoms. The highest BCUT2D eigenvalue weighted by molar-refractivity contribution is 7.99. The number of benzene rings is 1. The second-order valence-corrected chi connectivity index (χ2v) is 6.31. The van der Waals surface area contributed by atoms with Crippen molar-refractivity contribution in [1.29, 1.82) is 0 Å². The van der Waals surface area contributed by atoms with Crippen LogP contribution < -0.4 is 5.32 Å². The number of anilines is 1. The standard InChI is InChI=1S/C13H14N2OS2/c16-13(15-5-7-17-8-6-15)14-11-9-18-12-4-2-1-3-10(11)12/h1-4,9H,5-8H2,(H,14,16). The summed E-state index contributed by atoms with van der Waals surface area (Å²) in [6.07, 6.45) is 0. The van der Waals surface area contributed by atoms with Crippen molar-refractivity contribution in [1.82, 2.24) is 4.90 Å². The summed E-state index contributed by atoms with van der Waals surface area (Å²) in [6, 6.07) is 8.17. The first-order valence-corrected chi connectivity index (χ1v) is 7.98. The van der Waals surface area contributed by atoms with Crippen LogP contribution in [0.25, 0.3) is 10.1 Å². The van der Waals surface area contributed by atoms with Crippen LogP contribution in [0, 0.1) is 0 Å². The predicted octanol–water partition coefficient (Wildman–Crippen LogP) is 3.48. The molecule has 3 nitrogen and oxygen atoms in total. The van der Waals surface area contributed by atoms with Gasteiger partial charge in [-0.05, 0) is 6.07 Å². The van der Waals surface area contributed by atoms with Crippen LogP contribution in [0.5, 0.6) is 0 Å². The summed E-state index contributed by atoms with van der Waals surface area (Å²) >= 11 is 3.57. The number of nitrogens with zero attached hydrogens (tertiary/aromatic N) is 1. The van der Waals surface area contributed by atoms with Gasteiger partial charge in [-0.1, -0.05) is 18.2 Å². The van der Waals surface area contributed by atoms with Crippen LogP contribution in [0.4, 0.5) is 10.5 Å². The van der Waals surface area contributed by atoms with E-state index >= 15 is 0 Å². The largest absolute Gasteiger partial charge is 0.323 e. The molecular weight excluding hydrogens is 264 g/mol. The minimum absolute atomic E-state index is 0.0267. The fraction of sp³-hybridized carbons (Fsp3) is 0.308. The van der Waals surface area contributed by atoms with Crippen LogP contribution in [-0.2, 0) is 0 Å². The van der Waals surface area contributed by atoms with Gasteiger partial charge in [0.15, 0.2) is 0 Å². The third-order valence-electron chi connectivity index (χ3n) is 3.02. The van der Waals surface area contributed by atoms with Crippen LogP contribution in [0.15, 0.2) is 29.6 Å². The second kappa shape index (κ2) is 5.20. The number of hydrogen-bond acceptors (Lipinski definition) is 3. The van der Waals surface area contributed by atoms with Gasteiger partial charge >= 0.3 is 6.03 Å². The van der Waals surface area contributed by atoms with Gasteiger partial charge in [0.1, 0.15) is 0 Å². The lowest BCUT2D eigenvalue weighted by Crippen LogP contribution is -2.40. The van der Waals surface area contributed by atoms with Crippen LogP contribution in [0.2, 0.25) is 0 Å². The SMILES string of the molecule is O=C(Nc1csc2ccccc12)N1CCSCC1. The van der Waals surface area contributed by atoms with Gasteiger partial charge < -0.3 is 10.2 Å². The van der Waals surface area contributed by atoms with E-state index in [0.717, 1.165) is 35.7 Å². The second-order valence-electron chi connectivity index (χ2n) is 4.18. The maximum atomic E-state index is 12.1. The smallest absolute Gasteiger partial charge is 0.321 e. The van der Waals surface area contributed by atoms with Gasteiger partial charge in [-0.3, -0.25) is 0 Å². The van der Waals surface area contributed by atoms with Crippen molar-refractivity contribution >= 4 is 44.9 Å². The Bertz CT molecular complexity index is 561. The molecule has 1 aliphatic heterocycles. The highest BCUT2D eigenvalue weighted by Crippen LogP contribution is 2.30. The van der Waals surface area contributed by atoms with E-state index in [-0.39, 0.29) is 6.03 Å². The molecule has 0 aliphatic carbocycles. The van der Waals surface area contributed by atoms with Gasteiger partial charge in [-0.2, -0.15) is 11.8 Å². The number of carbonyl (C=O) groups is 1. The van der Waals surface area contributed by atoms with E-state index in [0.29, 0.717) is 0 Å². The summed E-state index contributed by atoms with van der Waals surface area (Å²) in [5.41, 5.74) is 0.929. The molecule has 2 aromatic rings. The maximum Gasteiger partial charge on any atom is 0.321 e. The number of thiophene rings is 1. The number of carbonyl (C=O) groups excluding carboxylic acids is 1. The molecule has 0 bridgehead atoms. The third kappa shape index (κ3) is 2.33. The molecule has 94 valence electrons. The Labute approximate surface area is 114 Å². The monoisotopic (exact) mass is 278 g/mol. The number of thioether (sulfide) groups is 1. The first kappa shape index (κ1) is 11.9. The summed E-state index contributed by atoms with van der Waals surface area (Å²) in [5, 5.41) is 6.16. The number of urea groups is 1. The lowest BCUT2D eigenvalue weighted by Gasteiger charge is -2.26. The lowest BCUT2D eigenvalue weighted by molar-refractivity contribution is 0.217. The minimum Gasteiger partial charge on any atom is -0.323 e. The minimum atomic E-state index is 0.0267. The van der Waals surface area contributed by atoms with Crippen molar-refractivity contribution < 1.29 is 4.79 Å². The zero-order valence-corrected chi connectivity index (χ0v) is 11.5. The Kier molecular flexibility index (Phi) is 3.43. The Balaban J connectivity index is 1.77. The fourth-order valence-electron chi connectivity index (χ4n) is 2.04. The van der Waals surface area contributed by atoms with Gasteiger partial charge in [-0.15, -0.1) is 11.3 Å². The summed E-state index contributed by atoms with van der Waals surface area (Å²) in [4.78, 5) is 14.0. The number of rotatable bonds is 1. The van der Waals surface area contributed by atoms with Crippen molar-refractivity contribution in [2.75, 3.05) is 29.9 Å². The molecule has 0 radical (unpaired) electrons. The molecular formula is C13H14N2OS2. The Hall–Kier alpha value is -1.20.